The zero-order chi connectivity index (χ0) is 14.4. The molecule has 104 valence electrons. The molecule has 4 heteroatoms. The Balaban J connectivity index is 2.85. The van der Waals surface area contributed by atoms with Gasteiger partial charge in [-0.05, 0) is 33.6 Å². The summed E-state index contributed by atoms with van der Waals surface area (Å²) in [5.74, 6) is -0.388. The largest absolute Gasteiger partial charge is 0.308 e. The third-order valence-electron chi connectivity index (χ3n) is 3.23. The summed E-state index contributed by atoms with van der Waals surface area (Å²) in [7, 11) is 4.06. The first-order valence-electron chi connectivity index (χ1n) is 6.55. The molecule has 0 aromatic heterocycles. The van der Waals surface area contributed by atoms with Crippen LogP contribution in [0.15, 0.2) is 18.2 Å². The quantitative estimate of drug-likeness (QED) is 0.790. The molecule has 0 fully saturated rings. The summed E-state index contributed by atoms with van der Waals surface area (Å²) in [5.41, 5.74) is 0.709. The first kappa shape index (κ1) is 15.6. The third-order valence-corrected chi connectivity index (χ3v) is 3.23. The summed E-state index contributed by atoms with van der Waals surface area (Å²) in [5, 5.41) is 8.85. The van der Waals surface area contributed by atoms with Crippen LogP contribution >= 0.6 is 0 Å². The number of hydrogen-bond donors (Lipinski definition) is 0. The molecule has 0 heterocycles. The lowest BCUT2D eigenvalue weighted by Crippen LogP contribution is -2.39. The normalized spacial score (nSPS) is 12.7. The van der Waals surface area contributed by atoms with Gasteiger partial charge in [0.25, 0.3) is 0 Å². The topological polar surface area (TPSA) is 30.3 Å². The number of nitrogens with zero attached hydrogens (tertiary/aromatic N) is 3. The molecular formula is C15H22FN3. The van der Waals surface area contributed by atoms with E-state index in [0.717, 1.165) is 13.1 Å². The predicted molar refractivity (Wildman–Crippen MR) is 75.2 cm³/mol. The fraction of sp³-hybridized carbons (Fsp3) is 0.533. The first-order valence-corrected chi connectivity index (χ1v) is 6.55. The lowest BCUT2D eigenvalue weighted by atomic mass is 10.1. The van der Waals surface area contributed by atoms with Crippen molar-refractivity contribution in [1.82, 2.24) is 9.80 Å². The van der Waals surface area contributed by atoms with Crippen molar-refractivity contribution >= 4 is 0 Å². The lowest BCUT2D eigenvalue weighted by molar-refractivity contribution is 0.172. The molecular weight excluding hydrogens is 241 g/mol. The van der Waals surface area contributed by atoms with Crippen molar-refractivity contribution in [2.45, 2.75) is 26.4 Å². The van der Waals surface area contributed by atoms with Crippen molar-refractivity contribution in [3.63, 3.8) is 0 Å². The van der Waals surface area contributed by atoms with E-state index in [0.29, 0.717) is 18.2 Å². The number of rotatable bonds is 6. The fourth-order valence-electron chi connectivity index (χ4n) is 2.23. The van der Waals surface area contributed by atoms with Gasteiger partial charge in [0.1, 0.15) is 11.9 Å². The van der Waals surface area contributed by atoms with E-state index in [4.69, 9.17) is 5.26 Å². The van der Waals surface area contributed by atoms with Crippen LogP contribution in [0.4, 0.5) is 4.39 Å². The maximum atomic E-state index is 14.0. The van der Waals surface area contributed by atoms with Crippen molar-refractivity contribution in [3.8, 4) is 6.07 Å². The van der Waals surface area contributed by atoms with Gasteiger partial charge < -0.3 is 4.90 Å². The summed E-state index contributed by atoms with van der Waals surface area (Å²) < 4.78 is 14.0. The van der Waals surface area contributed by atoms with Crippen LogP contribution in [-0.4, -0.2) is 43.0 Å². The Morgan fingerprint density at radius 1 is 1.37 bits per heavy atom. The Morgan fingerprint density at radius 3 is 2.58 bits per heavy atom. The van der Waals surface area contributed by atoms with Gasteiger partial charge in [-0.3, -0.25) is 4.90 Å². The van der Waals surface area contributed by atoms with Gasteiger partial charge in [0.05, 0.1) is 5.56 Å². The molecule has 0 bridgehead atoms. The molecule has 3 nitrogen and oxygen atoms in total. The molecule has 1 rings (SSSR count). The monoisotopic (exact) mass is 263 g/mol. The van der Waals surface area contributed by atoms with Gasteiger partial charge >= 0.3 is 0 Å². The molecule has 0 saturated carbocycles. The number of halogens is 1. The molecule has 0 aliphatic heterocycles. The molecule has 1 atom stereocenters. The number of benzene rings is 1. The molecule has 0 N–H and O–H groups in total. The Bertz CT molecular complexity index is 451. The van der Waals surface area contributed by atoms with Gasteiger partial charge in [0, 0.05) is 24.7 Å². The molecule has 0 radical (unpaired) electrons. The predicted octanol–water partition coefficient (Wildman–Crippen LogP) is 2.47. The SMILES string of the molecule is CCN(Cc1cccc(C#N)c1F)C(C)CN(C)C. The van der Waals surface area contributed by atoms with Gasteiger partial charge in [0.2, 0.25) is 0 Å². The zero-order valence-electron chi connectivity index (χ0n) is 12.2. The maximum absolute atomic E-state index is 14.0. The second-order valence-electron chi connectivity index (χ2n) is 5.06. The summed E-state index contributed by atoms with van der Waals surface area (Å²) in [6.45, 7) is 6.51. The van der Waals surface area contributed by atoms with E-state index in [1.54, 1.807) is 12.1 Å². The van der Waals surface area contributed by atoms with Crippen molar-refractivity contribution in [2.24, 2.45) is 0 Å². The van der Waals surface area contributed by atoms with Gasteiger partial charge in [-0.15, -0.1) is 0 Å². The van der Waals surface area contributed by atoms with Crippen molar-refractivity contribution in [3.05, 3.63) is 35.1 Å². The Labute approximate surface area is 115 Å². The van der Waals surface area contributed by atoms with Crippen molar-refractivity contribution in [2.75, 3.05) is 27.2 Å². The number of hydrogen-bond acceptors (Lipinski definition) is 3. The molecule has 0 saturated heterocycles. The van der Waals surface area contributed by atoms with Crippen LogP contribution in [0.25, 0.3) is 0 Å². The van der Waals surface area contributed by atoms with E-state index in [1.807, 2.05) is 20.2 Å². The Hall–Kier alpha value is -1.44. The maximum Gasteiger partial charge on any atom is 0.145 e. The Morgan fingerprint density at radius 2 is 2.05 bits per heavy atom. The van der Waals surface area contributed by atoms with Crippen LogP contribution in [0.3, 0.4) is 0 Å². The van der Waals surface area contributed by atoms with E-state index < -0.39 is 0 Å². The average Bonchev–Trinajstić information content (AvgIpc) is 2.36. The average molecular weight is 263 g/mol. The van der Waals surface area contributed by atoms with Crippen molar-refractivity contribution in [1.29, 1.82) is 5.26 Å². The molecule has 1 aromatic carbocycles. The van der Waals surface area contributed by atoms with Gasteiger partial charge in [-0.1, -0.05) is 19.1 Å². The Kier molecular flexibility index (Phi) is 5.94. The second kappa shape index (κ2) is 7.22. The van der Waals surface area contributed by atoms with E-state index >= 15 is 0 Å². The van der Waals surface area contributed by atoms with Crippen LogP contribution in [0.5, 0.6) is 0 Å². The van der Waals surface area contributed by atoms with E-state index in [1.165, 1.54) is 6.07 Å². The first-order chi connectivity index (χ1) is 8.99. The van der Waals surface area contributed by atoms with E-state index in [2.05, 4.69) is 23.6 Å². The second-order valence-corrected chi connectivity index (χ2v) is 5.06. The van der Waals surface area contributed by atoms with E-state index in [-0.39, 0.29) is 11.4 Å². The summed E-state index contributed by atoms with van der Waals surface area (Å²) >= 11 is 0. The van der Waals surface area contributed by atoms with Crippen LogP contribution in [0, 0.1) is 17.1 Å². The van der Waals surface area contributed by atoms with Gasteiger partial charge in [0.15, 0.2) is 0 Å². The summed E-state index contributed by atoms with van der Waals surface area (Å²) in [6.07, 6.45) is 0. The standard InChI is InChI=1S/C15H22FN3/c1-5-19(12(2)10-18(3)4)11-14-8-6-7-13(9-17)15(14)16/h6-8,12H,5,10-11H2,1-4H3. The fourth-order valence-corrected chi connectivity index (χ4v) is 2.23. The molecule has 19 heavy (non-hydrogen) atoms. The number of likely N-dealkylation sites (N-methyl/N-ethyl adjacent to an activating group) is 2. The highest BCUT2D eigenvalue weighted by Crippen LogP contribution is 2.15. The molecule has 1 aromatic rings. The summed E-state index contributed by atoms with van der Waals surface area (Å²) in [4.78, 5) is 4.33. The van der Waals surface area contributed by atoms with Crippen LogP contribution in [0.1, 0.15) is 25.0 Å². The van der Waals surface area contributed by atoms with Crippen LogP contribution in [-0.2, 0) is 6.54 Å². The van der Waals surface area contributed by atoms with Crippen LogP contribution in [0.2, 0.25) is 0 Å². The van der Waals surface area contributed by atoms with Gasteiger partial charge in [-0.25, -0.2) is 4.39 Å². The molecule has 1 unspecified atom stereocenters. The minimum atomic E-state index is -0.388. The lowest BCUT2D eigenvalue weighted by Gasteiger charge is -2.30. The molecule has 0 spiro atoms. The van der Waals surface area contributed by atoms with Gasteiger partial charge in [-0.2, -0.15) is 5.26 Å². The minimum Gasteiger partial charge on any atom is -0.308 e. The highest BCUT2D eigenvalue weighted by Gasteiger charge is 2.16. The molecule has 0 amide bonds. The van der Waals surface area contributed by atoms with Crippen molar-refractivity contribution < 1.29 is 4.39 Å². The highest BCUT2D eigenvalue weighted by molar-refractivity contribution is 5.34. The van der Waals surface area contributed by atoms with Crippen LogP contribution < -0.4 is 0 Å². The smallest absolute Gasteiger partial charge is 0.145 e. The summed E-state index contributed by atoms with van der Waals surface area (Å²) in [6, 6.07) is 7.23. The molecule has 0 aliphatic rings. The highest BCUT2D eigenvalue weighted by atomic mass is 19.1. The zero-order valence-corrected chi connectivity index (χ0v) is 12.2. The molecule has 0 aliphatic carbocycles. The third kappa shape index (κ3) is 4.30. The van der Waals surface area contributed by atoms with E-state index in [9.17, 15) is 4.39 Å². The number of nitriles is 1. The minimum absolute atomic E-state index is 0.119.